The molecule has 21 heavy (non-hydrogen) atoms. The average molecular weight is 320 g/mol. The molecule has 8 heteroatoms. The van der Waals surface area contributed by atoms with Crippen LogP contribution in [0.3, 0.4) is 0 Å². The van der Waals surface area contributed by atoms with Gasteiger partial charge in [0.1, 0.15) is 6.73 Å². The smallest absolute Gasteiger partial charge is 0.382 e. The minimum Gasteiger partial charge on any atom is -0.382 e. The molecule has 0 bridgehead atoms. The van der Waals surface area contributed by atoms with Gasteiger partial charge in [0.05, 0.1) is 36.1 Å². The van der Waals surface area contributed by atoms with Crippen molar-refractivity contribution in [3.05, 3.63) is 24.0 Å². The van der Waals surface area contributed by atoms with Gasteiger partial charge in [0.15, 0.2) is 0 Å². The predicted molar refractivity (Wildman–Crippen MR) is 74.3 cm³/mol. The Morgan fingerprint density at radius 1 is 1.29 bits per heavy atom. The van der Waals surface area contributed by atoms with Gasteiger partial charge in [0.2, 0.25) is 0 Å². The minimum absolute atomic E-state index is 0.175. The summed E-state index contributed by atoms with van der Waals surface area (Å²) in [6.45, 7) is 1.09. The minimum atomic E-state index is -4.38. The number of halogens is 3. The van der Waals surface area contributed by atoms with Crippen molar-refractivity contribution in [1.82, 2.24) is 9.55 Å². The molecule has 0 atom stereocenters. The van der Waals surface area contributed by atoms with Crippen LogP contribution >= 0.6 is 11.8 Å². The van der Waals surface area contributed by atoms with Crippen LogP contribution in [0.15, 0.2) is 23.4 Å². The van der Waals surface area contributed by atoms with Crippen molar-refractivity contribution in [3.8, 4) is 0 Å². The summed E-state index contributed by atoms with van der Waals surface area (Å²) in [6.07, 6.45) is -1.29. The molecule has 0 amide bonds. The van der Waals surface area contributed by atoms with Gasteiger partial charge < -0.3 is 14.0 Å². The summed E-state index contributed by atoms with van der Waals surface area (Å²) in [6, 6.07) is 2.57. The number of thioether (sulfide) groups is 1. The summed E-state index contributed by atoms with van der Waals surface area (Å²) in [5.41, 5.74) is 0.258. The molecule has 0 aliphatic heterocycles. The molecule has 4 nitrogen and oxygen atoms in total. The highest BCUT2D eigenvalue weighted by molar-refractivity contribution is 7.98. The summed E-state index contributed by atoms with van der Waals surface area (Å²) in [4.78, 5) is 4.18. The maximum absolute atomic E-state index is 13.0. The van der Waals surface area contributed by atoms with Crippen LogP contribution in [0.1, 0.15) is 5.56 Å². The van der Waals surface area contributed by atoms with Gasteiger partial charge >= 0.3 is 6.18 Å². The summed E-state index contributed by atoms with van der Waals surface area (Å²) < 4.78 is 50.8. The number of hydrogen-bond donors (Lipinski definition) is 0. The molecule has 0 unspecified atom stereocenters. The van der Waals surface area contributed by atoms with Gasteiger partial charge in [-0.25, -0.2) is 4.98 Å². The Morgan fingerprint density at radius 2 is 2.05 bits per heavy atom. The van der Waals surface area contributed by atoms with Crippen LogP contribution in [0.25, 0.3) is 11.0 Å². The second-order valence-electron chi connectivity index (χ2n) is 4.28. The number of benzene rings is 1. The number of rotatable bonds is 6. The van der Waals surface area contributed by atoms with E-state index < -0.39 is 11.7 Å². The molecule has 0 radical (unpaired) electrons. The summed E-state index contributed by atoms with van der Waals surface area (Å²) in [5.74, 6) is 0. The first-order chi connectivity index (χ1) is 9.97. The zero-order valence-electron chi connectivity index (χ0n) is 11.6. The topological polar surface area (TPSA) is 36.3 Å². The quantitative estimate of drug-likeness (QED) is 0.604. The third-order valence-electron chi connectivity index (χ3n) is 2.91. The van der Waals surface area contributed by atoms with Crippen LogP contribution in [0.2, 0.25) is 0 Å². The number of aromatic nitrogens is 2. The van der Waals surface area contributed by atoms with Gasteiger partial charge in [-0.2, -0.15) is 13.2 Å². The van der Waals surface area contributed by atoms with Gasteiger partial charge in [0.25, 0.3) is 0 Å². The van der Waals surface area contributed by atoms with Crippen molar-refractivity contribution < 1.29 is 22.6 Å². The van der Waals surface area contributed by atoms with Crippen molar-refractivity contribution in [1.29, 1.82) is 0 Å². The molecule has 1 heterocycles. The lowest BCUT2D eigenvalue weighted by atomic mass is 10.2. The first kappa shape index (κ1) is 16.1. The van der Waals surface area contributed by atoms with E-state index in [9.17, 15) is 13.2 Å². The van der Waals surface area contributed by atoms with Crippen molar-refractivity contribution in [3.63, 3.8) is 0 Å². The number of fused-ring (bicyclic) bond motifs is 1. The van der Waals surface area contributed by atoms with Crippen LogP contribution in [0, 0.1) is 0 Å². The fraction of sp³-hybridized carbons (Fsp3) is 0.462. The van der Waals surface area contributed by atoms with E-state index in [1.165, 1.54) is 12.4 Å². The molecule has 0 saturated carbocycles. The number of ether oxygens (including phenoxy) is 2. The summed E-state index contributed by atoms with van der Waals surface area (Å²) in [7, 11) is 1.57. The predicted octanol–water partition coefficient (Wildman–Crippen LogP) is 3.40. The van der Waals surface area contributed by atoms with Crippen molar-refractivity contribution >= 4 is 22.8 Å². The fourth-order valence-corrected chi connectivity index (χ4v) is 2.51. The molecule has 0 spiro atoms. The van der Waals surface area contributed by atoms with E-state index in [4.69, 9.17) is 9.47 Å². The Hall–Kier alpha value is -1.25. The van der Waals surface area contributed by atoms with E-state index in [1.807, 2.05) is 0 Å². The highest BCUT2D eigenvalue weighted by atomic mass is 32.2. The first-order valence-corrected chi connectivity index (χ1v) is 7.36. The second kappa shape index (κ2) is 6.67. The molecular formula is C13H15F3N2O2S. The molecule has 116 valence electrons. The number of methoxy groups -OCH3 is 1. The Kier molecular flexibility index (Phi) is 5.13. The molecule has 0 aliphatic rings. The molecule has 0 aliphatic carbocycles. The van der Waals surface area contributed by atoms with E-state index in [0.717, 1.165) is 17.8 Å². The lowest BCUT2D eigenvalue weighted by Gasteiger charge is -2.12. The molecule has 1 aromatic heterocycles. The largest absolute Gasteiger partial charge is 0.417 e. The molecule has 0 saturated heterocycles. The van der Waals surface area contributed by atoms with Crippen LogP contribution in [0.5, 0.6) is 0 Å². The monoisotopic (exact) mass is 320 g/mol. The van der Waals surface area contributed by atoms with E-state index in [1.54, 1.807) is 17.9 Å². The molecular weight excluding hydrogens is 305 g/mol. The highest BCUT2D eigenvalue weighted by Gasteiger charge is 2.34. The van der Waals surface area contributed by atoms with Crippen molar-refractivity contribution in [2.24, 2.45) is 0 Å². The van der Waals surface area contributed by atoms with Gasteiger partial charge in [-0.15, -0.1) is 11.8 Å². The molecule has 1 aromatic carbocycles. The van der Waals surface area contributed by atoms with Crippen LogP contribution in [0.4, 0.5) is 13.2 Å². The van der Waals surface area contributed by atoms with E-state index in [0.29, 0.717) is 24.2 Å². The Labute approximate surface area is 124 Å². The van der Waals surface area contributed by atoms with Gasteiger partial charge in [0, 0.05) is 12.0 Å². The zero-order chi connectivity index (χ0) is 15.5. The Bertz CT molecular complexity index is 613. The fourth-order valence-electron chi connectivity index (χ4n) is 1.88. The number of nitrogens with zero attached hydrogens (tertiary/aromatic N) is 2. The third kappa shape index (κ3) is 3.69. The molecule has 0 fully saturated rings. The highest BCUT2D eigenvalue weighted by Crippen LogP contribution is 2.38. The number of alkyl halides is 3. The maximum Gasteiger partial charge on any atom is 0.417 e. The second-order valence-corrected chi connectivity index (χ2v) is 5.13. The average Bonchev–Trinajstić information content (AvgIpc) is 2.83. The van der Waals surface area contributed by atoms with Gasteiger partial charge in [-0.3, -0.25) is 0 Å². The van der Waals surface area contributed by atoms with Crippen LogP contribution < -0.4 is 0 Å². The van der Waals surface area contributed by atoms with Crippen molar-refractivity contribution in [2.45, 2.75) is 17.8 Å². The summed E-state index contributed by atoms with van der Waals surface area (Å²) in [5, 5.41) is 0. The maximum atomic E-state index is 13.0. The van der Waals surface area contributed by atoms with Crippen LogP contribution in [-0.2, 0) is 22.4 Å². The summed E-state index contributed by atoms with van der Waals surface area (Å²) >= 11 is 1.06. The molecule has 0 N–H and O–H groups in total. The third-order valence-corrected chi connectivity index (χ3v) is 3.69. The standard InChI is InChI=1S/C13H15F3N2O2S/c1-19-3-4-20-8-18-7-17-10-5-9(13(14,15)16)12(21-2)6-11(10)18/h5-7H,3-4,8H2,1-2H3. The number of imidazole rings is 1. The van der Waals surface area contributed by atoms with E-state index >= 15 is 0 Å². The lowest BCUT2D eigenvalue weighted by molar-refractivity contribution is -0.139. The zero-order valence-corrected chi connectivity index (χ0v) is 12.4. The van der Waals surface area contributed by atoms with Gasteiger partial charge in [-0.05, 0) is 18.4 Å². The van der Waals surface area contributed by atoms with Gasteiger partial charge in [-0.1, -0.05) is 0 Å². The Morgan fingerprint density at radius 3 is 2.67 bits per heavy atom. The van der Waals surface area contributed by atoms with Crippen LogP contribution in [-0.4, -0.2) is 36.1 Å². The number of hydrogen-bond acceptors (Lipinski definition) is 4. The Balaban J connectivity index is 2.31. The van der Waals surface area contributed by atoms with E-state index in [-0.39, 0.29) is 11.6 Å². The first-order valence-electron chi connectivity index (χ1n) is 6.14. The van der Waals surface area contributed by atoms with Crippen molar-refractivity contribution in [2.75, 3.05) is 26.6 Å². The molecule has 2 rings (SSSR count). The van der Waals surface area contributed by atoms with E-state index in [2.05, 4.69) is 4.98 Å². The SMILES string of the molecule is COCCOCn1cnc2cc(C(F)(F)F)c(SC)cc21. The lowest BCUT2D eigenvalue weighted by Crippen LogP contribution is -2.08. The normalized spacial score (nSPS) is 12.2. The molecule has 2 aromatic rings.